The second kappa shape index (κ2) is 9.65. The molecule has 0 radical (unpaired) electrons. The van der Waals surface area contributed by atoms with Gasteiger partial charge in [-0.25, -0.2) is 13.1 Å². The molecule has 0 bridgehead atoms. The van der Waals surface area contributed by atoms with E-state index in [2.05, 4.69) is 20.0 Å². The lowest BCUT2D eigenvalue weighted by molar-refractivity contribution is 0.306. The zero-order valence-corrected chi connectivity index (χ0v) is 20.1. The van der Waals surface area contributed by atoms with Gasteiger partial charge in [-0.15, -0.1) is 15.3 Å². The Morgan fingerprint density at radius 2 is 1.71 bits per heavy atom. The van der Waals surface area contributed by atoms with E-state index in [-0.39, 0.29) is 18.0 Å². The van der Waals surface area contributed by atoms with Crippen LogP contribution >= 0.6 is 0 Å². The topological polar surface area (TPSA) is 117 Å². The third-order valence-corrected chi connectivity index (χ3v) is 6.48. The Bertz CT molecular complexity index is 1410. The van der Waals surface area contributed by atoms with Crippen molar-refractivity contribution in [3.05, 3.63) is 59.7 Å². The molecule has 0 amide bonds. The molecule has 1 N–H and O–H groups in total. The highest BCUT2D eigenvalue weighted by atomic mass is 32.2. The first-order chi connectivity index (χ1) is 16.3. The van der Waals surface area contributed by atoms with Crippen LogP contribution in [0.4, 0.5) is 0 Å². The number of hydrogen-bond acceptors (Lipinski definition) is 8. The summed E-state index contributed by atoms with van der Waals surface area (Å²) in [6.45, 7) is 3.88. The molecule has 2 heterocycles. The Morgan fingerprint density at radius 1 is 0.941 bits per heavy atom. The van der Waals surface area contributed by atoms with E-state index in [1.165, 1.54) is 4.52 Å². The monoisotopic (exact) mass is 483 g/mol. The number of sulfonamides is 1. The highest BCUT2D eigenvalue weighted by molar-refractivity contribution is 7.89. The predicted molar refractivity (Wildman–Crippen MR) is 126 cm³/mol. The molecule has 178 valence electrons. The average Bonchev–Trinajstić information content (AvgIpc) is 3.24. The van der Waals surface area contributed by atoms with Crippen LogP contribution in [0.1, 0.15) is 11.1 Å². The lowest BCUT2D eigenvalue weighted by Crippen LogP contribution is -2.28. The Balaban J connectivity index is 1.49. The van der Waals surface area contributed by atoms with E-state index < -0.39 is 10.0 Å². The van der Waals surface area contributed by atoms with Crippen LogP contribution in [0, 0.1) is 13.8 Å². The largest absolute Gasteiger partial charge is 0.497 e. The Kier molecular flexibility index (Phi) is 6.66. The minimum atomic E-state index is -3.64. The maximum atomic E-state index is 12.6. The summed E-state index contributed by atoms with van der Waals surface area (Å²) in [7, 11) is -0.503. The van der Waals surface area contributed by atoms with Crippen molar-refractivity contribution in [1.29, 1.82) is 0 Å². The third-order valence-electron chi connectivity index (χ3n) is 5.04. The number of aromatic nitrogens is 4. The molecule has 2 aromatic heterocycles. The number of methoxy groups -OCH3 is 2. The molecule has 0 spiro atoms. The van der Waals surface area contributed by atoms with Crippen molar-refractivity contribution in [1.82, 2.24) is 24.5 Å². The van der Waals surface area contributed by atoms with Crippen LogP contribution in [-0.2, 0) is 10.0 Å². The van der Waals surface area contributed by atoms with Gasteiger partial charge in [0.25, 0.3) is 0 Å². The smallest absolute Gasteiger partial charge is 0.240 e. The van der Waals surface area contributed by atoms with Crippen molar-refractivity contribution in [3.8, 4) is 28.8 Å². The van der Waals surface area contributed by atoms with Crippen molar-refractivity contribution in [2.24, 2.45) is 0 Å². The lowest BCUT2D eigenvalue weighted by Gasteiger charge is -2.10. The van der Waals surface area contributed by atoms with E-state index >= 15 is 0 Å². The van der Waals surface area contributed by atoms with Crippen molar-refractivity contribution < 1.29 is 22.6 Å². The van der Waals surface area contributed by atoms with Gasteiger partial charge < -0.3 is 14.2 Å². The fraction of sp³-hybridized carbons (Fsp3) is 0.261. The van der Waals surface area contributed by atoms with E-state index in [4.69, 9.17) is 14.2 Å². The lowest BCUT2D eigenvalue weighted by atomic mass is 10.2. The van der Waals surface area contributed by atoms with Gasteiger partial charge in [-0.3, -0.25) is 0 Å². The summed E-state index contributed by atoms with van der Waals surface area (Å²) in [5.41, 5.74) is 2.93. The molecule has 10 nitrogen and oxygen atoms in total. The van der Waals surface area contributed by atoms with Crippen LogP contribution in [0.2, 0.25) is 0 Å². The molecule has 0 saturated heterocycles. The zero-order chi connectivity index (χ0) is 24.3. The second-order valence-corrected chi connectivity index (χ2v) is 9.37. The van der Waals surface area contributed by atoms with Gasteiger partial charge in [0.1, 0.15) is 18.1 Å². The fourth-order valence-corrected chi connectivity index (χ4v) is 4.71. The molecule has 0 unspecified atom stereocenters. The van der Waals surface area contributed by atoms with E-state index in [0.29, 0.717) is 34.4 Å². The van der Waals surface area contributed by atoms with Gasteiger partial charge in [0.05, 0.1) is 24.7 Å². The number of aryl methyl sites for hydroxylation is 2. The fourth-order valence-electron chi connectivity index (χ4n) is 3.51. The van der Waals surface area contributed by atoms with Gasteiger partial charge >= 0.3 is 0 Å². The summed E-state index contributed by atoms with van der Waals surface area (Å²) in [5.74, 6) is 1.97. The number of ether oxygens (including phenoxy) is 3. The summed E-state index contributed by atoms with van der Waals surface area (Å²) in [6, 6.07) is 13.9. The number of nitrogens with zero attached hydrogens (tertiary/aromatic N) is 4. The number of benzene rings is 2. The first-order valence-corrected chi connectivity index (χ1v) is 11.9. The van der Waals surface area contributed by atoms with Crippen molar-refractivity contribution in [3.63, 3.8) is 0 Å². The molecule has 11 heteroatoms. The number of hydrogen-bond donors (Lipinski definition) is 1. The van der Waals surface area contributed by atoms with Gasteiger partial charge in [-0.1, -0.05) is 6.07 Å². The summed E-state index contributed by atoms with van der Waals surface area (Å²) in [4.78, 5) is 0.228. The Hall–Kier alpha value is -3.70. The van der Waals surface area contributed by atoms with Crippen LogP contribution < -0.4 is 18.9 Å². The normalized spacial score (nSPS) is 11.5. The molecule has 0 fully saturated rings. The molecule has 0 aliphatic carbocycles. The van der Waals surface area contributed by atoms with Crippen LogP contribution in [-0.4, -0.2) is 55.6 Å². The molecule has 0 atom stereocenters. The van der Waals surface area contributed by atoms with Gasteiger partial charge in [0.15, 0.2) is 11.5 Å². The molecule has 34 heavy (non-hydrogen) atoms. The molecule has 0 saturated carbocycles. The van der Waals surface area contributed by atoms with Crippen LogP contribution in [0.5, 0.6) is 17.4 Å². The SMILES string of the molecule is COc1ccc(OC)c(-c2nnc3ccc(OCCNS(=O)(=O)c4cc(C)cc(C)c4)nn23)c1. The van der Waals surface area contributed by atoms with Crippen molar-refractivity contribution in [2.75, 3.05) is 27.4 Å². The van der Waals surface area contributed by atoms with E-state index in [9.17, 15) is 8.42 Å². The summed E-state index contributed by atoms with van der Waals surface area (Å²) < 4.78 is 45.7. The van der Waals surface area contributed by atoms with Gasteiger partial charge in [0, 0.05) is 12.6 Å². The molecule has 2 aromatic carbocycles. The van der Waals surface area contributed by atoms with Gasteiger partial charge in [-0.2, -0.15) is 4.52 Å². The third kappa shape index (κ3) is 4.95. The zero-order valence-electron chi connectivity index (χ0n) is 19.3. The molecular weight excluding hydrogens is 458 g/mol. The van der Waals surface area contributed by atoms with Crippen molar-refractivity contribution >= 4 is 15.7 Å². The minimum Gasteiger partial charge on any atom is -0.497 e. The van der Waals surface area contributed by atoms with Crippen LogP contribution in [0.15, 0.2) is 53.4 Å². The highest BCUT2D eigenvalue weighted by Crippen LogP contribution is 2.32. The standard InChI is InChI=1S/C23H25N5O5S/c1-15-11-16(2)13-18(12-15)34(29,30)24-9-10-33-22-8-7-21-25-26-23(28(21)27-22)19-14-17(31-3)5-6-20(19)32-4/h5-8,11-14,24H,9-10H2,1-4H3. The van der Waals surface area contributed by atoms with Gasteiger partial charge in [0.2, 0.25) is 15.9 Å². The summed E-state index contributed by atoms with van der Waals surface area (Å²) in [5, 5.41) is 12.8. The molecule has 0 aliphatic heterocycles. The van der Waals surface area contributed by atoms with Crippen LogP contribution in [0.25, 0.3) is 17.0 Å². The number of fused-ring (bicyclic) bond motifs is 1. The summed E-state index contributed by atoms with van der Waals surface area (Å²) >= 11 is 0. The molecule has 0 aliphatic rings. The molecular formula is C23H25N5O5S. The maximum Gasteiger partial charge on any atom is 0.240 e. The average molecular weight is 484 g/mol. The summed E-state index contributed by atoms with van der Waals surface area (Å²) in [6.07, 6.45) is 0. The first-order valence-electron chi connectivity index (χ1n) is 10.5. The molecule has 4 rings (SSSR count). The molecule has 4 aromatic rings. The van der Waals surface area contributed by atoms with E-state index in [1.807, 2.05) is 19.9 Å². The van der Waals surface area contributed by atoms with E-state index in [1.54, 1.807) is 56.7 Å². The second-order valence-electron chi connectivity index (χ2n) is 7.60. The number of rotatable bonds is 9. The first kappa shape index (κ1) is 23.5. The van der Waals surface area contributed by atoms with Crippen LogP contribution in [0.3, 0.4) is 0 Å². The maximum absolute atomic E-state index is 12.6. The Morgan fingerprint density at radius 3 is 2.41 bits per heavy atom. The van der Waals surface area contributed by atoms with Gasteiger partial charge in [-0.05, 0) is 61.4 Å². The van der Waals surface area contributed by atoms with Crippen molar-refractivity contribution in [2.45, 2.75) is 18.7 Å². The number of nitrogens with one attached hydrogen (secondary N) is 1. The predicted octanol–water partition coefficient (Wildman–Crippen LogP) is 2.78. The van der Waals surface area contributed by atoms with E-state index in [0.717, 1.165) is 11.1 Å². The highest BCUT2D eigenvalue weighted by Gasteiger charge is 2.17. The Labute approximate surface area is 197 Å². The quantitative estimate of drug-likeness (QED) is 0.361. The minimum absolute atomic E-state index is 0.0772.